The fraction of sp³-hybridized carbons (Fsp3) is 0.967. The first-order valence-corrected chi connectivity index (χ1v) is 15.2. The van der Waals surface area contributed by atoms with Gasteiger partial charge in [0.25, 0.3) is 0 Å². The first-order chi connectivity index (χ1) is 16.8. The smallest absolute Gasteiger partial charge is 0.306 e. The Kier molecular flexibility index (Phi) is 22.3. The molecule has 1 unspecified atom stereocenters. The Hall–Kier alpha value is -0.610. The van der Waals surface area contributed by atoms with E-state index in [9.17, 15) is 4.79 Å². The second-order valence-corrected chi connectivity index (χ2v) is 10.4. The van der Waals surface area contributed by atoms with E-state index in [0.29, 0.717) is 6.42 Å². The number of carbonyl (C=O) groups excluding carboxylic acids is 1. The summed E-state index contributed by atoms with van der Waals surface area (Å²) in [6.45, 7) is 6.17. The molecule has 34 heavy (non-hydrogen) atoms. The predicted molar refractivity (Wildman–Crippen MR) is 143 cm³/mol. The molecule has 4 heteroatoms. The minimum absolute atomic E-state index is 0.0275. The van der Waals surface area contributed by atoms with Crippen LogP contribution in [0, 0.1) is 0 Å². The third-order valence-corrected chi connectivity index (χ3v) is 7.02. The van der Waals surface area contributed by atoms with Crippen molar-refractivity contribution in [2.24, 2.45) is 0 Å². The topological polar surface area (TPSA) is 44.8 Å². The average molecular weight is 483 g/mol. The highest BCUT2D eigenvalue weighted by Crippen LogP contribution is 2.18. The lowest BCUT2D eigenvalue weighted by molar-refractivity contribution is -0.162. The molecule has 1 fully saturated rings. The third-order valence-electron chi connectivity index (χ3n) is 7.02. The quantitative estimate of drug-likeness (QED) is 0.102. The number of hydrogen-bond donors (Lipinski definition) is 0. The minimum atomic E-state index is 0.0275. The molecule has 0 aliphatic carbocycles. The van der Waals surface area contributed by atoms with Crippen LogP contribution in [0.4, 0.5) is 0 Å². The van der Waals surface area contributed by atoms with Crippen molar-refractivity contribution in [1.82, 2.24) is 0 Å². The maximum atomic E-state index is 12.5. The van der Waals surface area contributed by atoms with Crippen LogP contribution in [-0.4, -0.2) is 31.6 Å². The van der Waals surface area contributed by atoms with Gasteiger partial charge in [0.05, 0.1) is 0 Å². The number of ether oxygens (including phenoxy) is 3. The summed E-state index contributed by atoms with van der Waals surface area (Å²) < 4.78 is 17.3. The summed E-state index contributed by atoms with van der Waals surface area (Å²) in [5.41, 5.74) is 0. The SMILES string of the molecule is CCCCCCCCC(CCCCCCCC)OC(=O)CCCCCCCOC1CCCCO1. The molecule has 0 aromatic rings. The van der Waals surface area contributed by atoms with Crippen molar-refractivity contribution < 1.29 is 19.0 Å². The Morgan fingerprint density at radius 3 is 1.88 bits per heavy atom. The summed E-state index contributed by atoms with van der Waals surface area (Å²) in [4.78, 5) is 12.5. The standard InChI is InChI=1S/C30H58O4/c1-3-5-7-9-12-16-22-28(23-17-13-10-8-6-4-2)34-29(31)24-18-14-11-15-20-26-32-30-25-19-21-27-33-30/h28,30H,3-27H2,1-2H3. The Morgan fingerprint density at radius 2 is 1.29 bits per heavy atom. The largest absolute Gasteiger partial charge is 0.462 e. The summed E-state index contributed by atoms with van der Waals surface area (Å²) in [5.74, 6) is 0.0275. The van der Waals surface area contributed by atoms with E-state index in [0.717, 1.165) is 51.7 Å². The molecule has 0 aromatic heterocycles. The van der Waals surface area contributed by atoms with Crippen LogP contribution in [0.25, 0.3) is 0 Å². The molecule has 1 aliphatic heterocycles. The van der Waals surface area contributed by atoms with Crippen LogP contribution in [0.5, 0.6) is 0 Å². The van der Waals surface area contributed by atoms with Crippen LogP contribution in [-0.2, 0) is 19.0 Å². The molecule has 0 saturated carbocycles. The molecule has 0 amide bonds. The Morgan fingerprint density at radius 1 is 0.735 bits per heavy atom. The molecular formula is C30H58O4. The zero-order valence-corrected chi connectivity index (χ0v) is 23.0. The zero-order chi connectivity index (χ0) is 24.5. The van der Waals surface area contributed by atoms with Gasteiger partial charge in [-0.3, -0.25) is 4.79 Å². The molecule has 1 saturated heterocycles. The number of rotatable bonds is 24. The van der Waals surface area contributed by atoms with Crippen LogP contribution in [0.15, 0.2) is 0 Å². The zero-order valence-electron chi connectivity index (χ0n) is 23.0. The monoisotopic (exact) mass is 482 g/mol. The first-order valence-electron chi connectivity index (χ1n) is 15.2. The van der Waals surface area contributed by atoms with Crippen molar-refractivity contribution in [2.75, 3.05) is 13.2 Å². The Balaban J connectivity index is 2.09. The van der Waals surface area contributed by atoms with Gasteiger partial charge in [0.2, 0.25) is 0 Å². The number of carbonyl (C=O) groups is 1. The van der Waals surface area contributed by atoms with Crippen molar-refractivity contribution in [2.45, 2.75) is 174 Å². The number of unbranched alkanes of at least 4 members (excludes halogenated alkanes) is 14. The normalized spacial score (nSPS) is 16.3. The molecule has 202 valence electrons. The van der Waals surface area contributed by atoms with Crippen molar-refractivity contribution >= 4 is 5.97 Å². The van der Waals surface area contributed by atoms with E-state index in [4.69, 9.17) is 14.2 Å². The van der Waals surface area contributed by atoms with Gasteiger partial charge in [0, 0.05) is 19.6 Å². The maximum absolute atomic E-state index is 12.5. The van der Waals surface area contributed by atoms with E-state index < -0.39 is 0 Å². The second-order valence-electron chi connectivity index (χ2n) is 10.4. The lowest BCUT2D eigenvalue weighted by Crippen LogP contribution is -2.22. The van der Waals surface area contributed by atoms with Gasteiger partial charge in [-0.25, -0.2) is 0 Å². The van der Waals surface area contributed by atoms with E-state index in [1.54, 1.807) is 0 Å². The van der Waals surface area contributed by atoms with Gasteiger partial charge in [0.15, 0.2) is 6.29 Å². The van der Waals surface area contributed by atoms with Crippen LogP contribution >= 0.6 is 0 Å². The van der Waals surface area contributed by atoms with Gasteiger partial charge in [0.1, 0.15) is 6.10 Å². The molecule has 0 radical (unpaired) electrons. The van der Waals surface area contributed by atoms with Gasteiger partial charge < -0.3 is 14.2 Å². The average Bonchev–Trinajstić information content (AvgIpc) is 2.85. The number of esters is 1. The molecule has 1 aliphatic rings. The lowest BCUT2D eigenvalue weighted by atomic mass is 10.0. The summed E-state index contributed by atoms with van der Waals surface area (Å²) in [6.07, 6.45) is 27.3. The molecule has 1 heterocycles. The van der Waals surface area contributed by atoms with E-state index >= 15 is 0 Å². The summed E-state index contributed by atoms with van der Waals surface area (Å²) in [7, 11) is 0. The van der Waals surface area contributed by atoms with E-state index in [2.05, 4.69) is 13.8 Å². The Bertz CT molecular complexity index is 418. The molecule has 1 atom stereocenters. The van der Waals surface area contributed by atoms with E-state index in [1.165, 1.54) is 103 Å². The molecule has 4 nitrogen and oxygen atoms in total. The number of hydrogen-bond acceptors (Lipinski definition) is 4. The molecule has 0 N–H and O–H groups in total. The van der Waals surface area contributed by atoms with Gasteiger partial charge in [-0.05, 0) is 57.8 Å². The third kappa shape index (κ3) is 19.7. The molecule has 1 rings (SSSR count). The fourth-order valence-corrected chi connectivity index (χ4v) is 4.77. The maximum Gasteiger partial charge on any atom is 0.306 e. The van der Waals surface area contributed by atoms with Crippen molar-refractivity contribution in [3.63, 3.8) is 0 Å². The van der Waals surface area contributed by atoms with Crippen LogP contribution in [0.2, 0.25) is 0 Å². The van der Waals surface area contributed by atoms with Crippen molar-refractivity contribution in [3.8, 4) is 0 Å². The van der Waals surface area contributed by atoms with Crippen molar-refractivity contribution in [3.05, 3.63) is 0 Å². The van der Waals surface area contributed by atoms with Gasteiger partial charge in [-0.2, -0.15) is 0 Å². The fourth-order valence-electron chi connectivity index (χ4n) is 4.77. The van der Waals surface area contributed by atoms with Gasteiger partial charge in [-0.1, -0.05) is 97.3 Å². The van der Waals surface area contributed by atoms with Crippen LogP contribution in [0.1, 0.15) is 162 Å². The summed E-state index contributed by atoms with van der Waals surface area (Å²) >= 11 is 0. The molecule has 0 bridgehead atoms. The summed E-state index contributed by atoms with van der Waals surface area (Å²) in [5, 5.41) is 0. The van der Waals surface area contributed by atoms with E-state index in [1.807, 2.05) is 0 Å². The van der Waals surface area contributed by atoms with E-state index in [-0.39, 0.29) is 18.4 Å². The highest BCUT2D eigenvalue weighted by atomic mass is 16.7. The predicted octanol–water partition coefficient (Wildman–Crippen LogP) is 9.28. The highest BCUT2D eigenvalue weighted by molar-refractivity contribution is 5.69. The molecule has 0 spiro atoms. The van der Waals surface area contributed by atoms with Crippen LogP contribution in [0.3, 0.4) is 0 Å². The Labute approximate surface area is 212 Å². The van der Waals surface area contributed by atoms with Gasteiger partial charge in [-0.15, -0.1) is 0 Å². The lowest BCUT2D eigenvalue weighted by Gasteiger charge is -2.22. The highest BCUT2D eigenvalue weighted by Gasteiger charge is 2.15. The summed E-state index contributed by atoms with van der Waals surface area (Å²) in [6, 6.07) is 0. The van der Waals surface area contributed by atoms with Crippen molar-refractivity contribution in [1.29, 1.82) is 0 Å². The first kappa shape index (κ1) is 31.4. The molecular weight excluding hydrogens is 424 g/mol. The van der Waals surface area contributed by atoms with Gasteiger partial charge >= 0.3 is 5.97 Å². The minimum Gasteiger partial charge on any atom is -0.462 e. The second kappa shape index (κ2) is 24.1. The van der Waals surface area contributed by atoms with Crippen LogP contribution < -0.4 is 0 Å². The molecule has 0 aromatic carbocycles.